The van der Waals surface area contributed by atoms with Gasteiger partial charge in [0.15, 0.2) is 0 Å². The van der Waals surface area contributed by atoms with E-state index in [1.165, 1.54) is 0 Å². The van der Waals surface area contributed by atoms with E-state index in [0.717, 1.165) is 5.56 Å². The average molecular weight is 155 g/mol. The van der Waals surface area contributed by atoms with Gasteiger partial charge in [0.1, 0.15) is 0 Å². The van der Waals surface area contributed by atoms with E-state index in [9.17, 15) is 4.79 Å². The molecule has 0 aliphatic carbocycles. The summed E-state index contributed by atoms with van der Waals surface area (Å²) in [6, 6.07) is 1.78. The maximum absolute atomic E-state index is 10.5. The van der Waals surface area contributed by atoms with Crippen molar-refractivity contribution in [2.75, 3.05) is 0 Å². The highest BCUT2D eigenvalue weighted by Crippen LogP contribution is 2.02. The van der Waals surface area contributed by atoms with Gasteiger partial charge in [-0.25, -0.2) is 5.48 Å². The largest absolute Gasteiger partial charge is 0.472 e. The van der Waals surface area contributed by atoms with Gasteiger partial charge in [0.05, 0.1) is 12.5 Å². The summed E-state index contributed by atoms with van der Waals surface area (Å²) >= 11 is 0. The lowest BCUT2D eigenvalue weighted by molar-refractivity contribution is -0.129. The molecule has 4 nitrogen and oxygen atoms in total. The third-order valence-electron chi connectivity index (χ3n) is 1.35. The highest BCUT2D eigenvalue weighted by molar-refractivity contribution is 5.74. The van der Waals surface area contributed by atoms with Crippen molar-refractivity contribution in [3.8, 4) is 0 Å². The molecule has 1 aromatic heterocycles. The molecule has 0 radical (unpaired) electrons. The van der Waals surface area contributed by atoms with Crippen LogP contribution in [-0.2, 0) is 11.2 Å². The molecular weight excluding hydrogens is 146 g/mol. The molecule has 0 aliphatic heterocycles. The minimum atomic E-state index is -0.383. The Bertz CT molecular complexity index is 218. The fourth-order valence-electron chi connectivity index (χ4n) is 0.749. The van der Waals surface area contributed by atoms with E-state index in [4.69, 9.17) is 9.62 Å². The van der Waals surface area contributed by atoms with Gasteiger partial charge in [0.25, 0.3) is 0 Å². The molecule has 2 N–H and O–H groups in total. The van der Waals surface area contributed by atoms with E-state index in [1.807, 2.05) is 0 Å². The summed E-state index contributed by atoms with van der Waals surface area (Å²) < 4.78 is 4.79. The highest BCUT2D eigenvalue weighted by Gasteiger charge is 2.00. The Kier molecular flexibility index (Phi) is 2.68. The van der Waals surface area contributed by atoms with Crippen LogP contribution in [0.1, 0.15) is 12.0 Å². The maximum Gasteiger partial charge on any atom is 0.243 e. The molecule has 1 heterocycles. The summed E-state index contributed by atoms with van der Waals surface area (Å²) in [5, 5.41) is 8.14. The monoisotopic (exact) mass is 155 g/mol. The van der Waals surface area contributed by atoms with Gasteiger partial charge in [-0.2, -0.15) is 0 Å². The molecule has 1 rings (SSSR count). The third kappa shape index (κ3) is 2.43. The smallest absolute Gasteiger partial charge is 0.243 e. The predicted octanol–water partition coefficient (Wildman–Crippen LogP) is 0.718. The molecule has 0 spiro atoms. The number of nitrogens with one attached hydrogen (secondary N) is 1. The summed E-state index contributed by atoms with van der Waals surface area (Å²) in [5.74, 6) is -0.383. The molecule has 1 amide bonds. The molecule has 11 heavy (non-hydrogen) atoms. The third-order valence-corrected chi connectivity index (χ3v) is 1.35. The van der Waals surface area contributed by atoms with Crippen molar-refractivity contribution < 1.29 is 14.4 Å². The first-order valence-electron chi connectivity index (χ1n) is 3.27. The number of carbonyl (C=O) groups is 1. The molecule has 60 valence electrons. The van der Waals surface area contributed by atoms with E-state index in [2.05, 4.69) is 0 Å². The van der Waals surface area contributed by atoms with Crippen molar-refractivity contribution in [1.29, 1.82) is 0 Å². The van der Waals surface area contributed by atoms with E-state index in [1.54, 1.807) is 24.1 Å². The fourth-order valence-corrected chi connectivity index (χ4v) is 0.749. The summed E-state index contributed by atoms with van der Waals surface area (Å²) in [7, 11) is 0. The number of hydrogen-bond acceptors (Lipinski definition) is 3. The number of hydroxylamine groups is 1. The van der Waals surface area contributed by atoms with Crippen LogP contribution in [0.4, 0.5) is 0 Å². The number of hydrogen-bond donors (Lipinski definition) is 2. The van der Waals surface area contributed by atoms with Crippen molar-refractivity contribution in [1.82, 2.24) is 5.48 Å². The second-order valence-corrected chi connectivity index (χ2v) is 2.17. The summed E-state index contributed by atoms with van der Waals surface area (Å²) in [6.45, 7) is 0. The Hall–Kier alpha value is -1.29. The van der Waals surface area contributed by atoms with Gasteiger partial charge in [0, 0.05) is 6.42 Å². The Labute approximate surface area is 63.8 Å². The van der Waals surface area contributed by atoms with Gasteiger partial charge in [0.2, 0.25) is 5.91 Å². The molecule has 0 saturated heterocycles. The van der Waals surface area contributed by atoms with E-state index in [-0.39, 0.29) is 12.3 Å². The number of furan rings is 1. The Morgan fingerprint density at radius 2 is 2.55 bits per heavy atom. The Morgan fingerprint density at radius 1 is 1.73 bits per heavy atom. The van der Waals surface area contributed by atoms with Gasteiger partial charge in [-0.05, 0) is 18.1 Å². The van der Waals surface area contributed by atoms with Crippen LogP contribution in [0.2, 0.25) is 0 Å². The molecule has 0 bridgehead atoms. The van der Waals surface area contributed by atoms with Gasteiger partial charge in [-0.3, -0.25) is 10.0 Å². The summed E-state index contributed by atoms with van der Waals surface area (Å²) in [6.07, 6.45) is 3.98. The zero-order valence-corrected chi connectivity index (χ0v) is 5.91. The van der Waals surface area contributed by atoms with E-state index >= 15 is 0 Å². The summed E-state index contributed by atoms with van der Waals surface area (Å²) in [4.78, 5) is 10.5. The lowest BCUT2D eigenvalue weighted by Crippen LogP contribution is -2.18. The topological polar surface area (TPSA) is 62.5 Å². The Morgan fingerprint density at radius 3 is 3.09 bits per heavy atom. The van der Waals surface area contributed by atoms with Crippen molar-refractivity contribution >= 4 is 5.91 Å². The van der Waals surface area contributed by atoms with E-state index in [0.29, 0.717) is 6.42 Å². The van der Waals surface area contributed by atoms with E-state index < -0.39 is 0 Å². The number of amides is 1. The Balaban J connectivity index is 2.29. The maximum atomic E-state index is 10.5. The van der Waals surface area contributed by atoms with Crippen LogP contribution in [0.5, 0.6) is 0 Å². The zero-order chi connectivity index (χ0) is 8.10. The van der Waals surface area contributed by atoms with Crippen LogP contribution in [0.25, 0.3) is 0 Å². The van der Waals surface area contributed by atoms with Crippen molar-refractivity contribution in [2.45, 2.75) is 12.8 Å². The molecule has 0 aromatic carbocycles. The molecule has 0 aliphatic rings. The van der Waals surface area contributed by atoms with Crippen LogP contribution >= 0.6 is 0 Å². The quantitative estimate of drug-likeness (QED) is 0.499. The lowest BCUT2D eigenvalue weighted by atomic mass is 10.2. The first-order chi connectivity index (χ1) is 5.33. The summed E-state index contributed by atoms with van der Waals surface area (Å²) in [5.41, 5.74) is 2.51. The van der Waals surface area contributed by atoms with Crippen LogP contribution in [0.15, 0.2) is 23.0 Å². The standard InChI is InChI=1S/C7H9NO3/c9-7(8-10)2-1-6-3-4-11-5-6/h3-5,10H,1-2H2,(H,8,9). The molecule has 0 saturated carbocycles. The normalized spacial score (nSPS) is 9.55. The van der Waals surface area contributed by atoms with Crippen molar-refractivity contribution in [3.05, 3.63) is 24.2 Å². The van der Waals surface area contributed by atoms with Crippen LogP contribution in [-0.4, -0.2) is 11.1 Å². The first kappa shape index (κ1) is 7.81. The van der Waals surface area contributed by atoms with Crippen molar-refractivity contribution in [2.24, 2.45) is 0 Å². The van der Waals surface area contributed by atoms with Gasteiger partial charge < -0.3 is 4.42 Å². The second-order valence-electron chi connectivity index (χ2n) is 2.17. The van der Waals surface area contributed by atoms with Gasteiger partial charge in [-0.15, -0.1) is 0 Å². The van der Waals surface area contributed by atoms with Gasteiger partial charge >= 0.3 is 0 Å². The average Bonchev–Trinajstić information content (AvgIpc) is 2.52. The first-order valence-corrected chi connectivity index (χ1v) is 3.27. The van der Waals surface area contributed by atoms with Gasteiger partial charge in [-0.1, -0.05) is 0 Å². The fraction of sp³-hybridized carbons (Fsp3) is 0.286. The SMILES string of the molecule is O=C(CCc1ccoc1)NO. The molecule has 0 fully saturated rings. The zero-order valence-electron chi connectivity index (χ0n) is 5.91. The number of carbonyl (C=O) groups excluding carboxylic acids is 1. The van der Waals surface area contributed by atoms with Crippen LogP contribution in [0, 0.1) is 0 Å². The molecule has 4 heteroatoms. The highest BCUT2D eigenvalue weighted by atomic mass is 16.5. The second kappa shape index (κ2) is 3.78. The number of aryl methyl sites for hydroxylation is 1. The minimum absolute atomic E-state index is 0.274. The molecule has 1 aromatic rings. The predicted molar refractivity (Wildman–Crippen MR) is 37.0 cm³/mol. The van der Waals surface area contributed by atoms with Crippen molar-refractivity contribution in [3.63, 3.8) is 0 Å². The molecule has 0 atom stereocenters. The molecular formula is C7H9NO3. The minimum Gasteiger partial charge on any atom is -0.472 e. The van der Waals surface area contributed by atoms with Crippen LogP contribution in [0.3, 0.4) is 0 Å². The van der Waals surface area contributed by atoms with Crippen LogP contribution < -0.4 is 5.48 Å². The lowest BCUT2D eigenvalue weighted by Gasteiger charge is -1.94. The molecule has 0 unspecified atom stereocenters. The number of rotatable bonds is 3.